The van der Waals surface area contributed by atoms with Crippen LogP contribution in [0.3, 0.4) is 0 Å². The number of benzene rings is 1. The van der Waals surface area contributed by atoms with Crippen molar-refractivity contribution in [2.45, 2.75) is 57.9 Å². The smallest absolute Gasteiger partial charge is 0.0624 e. The molecule has 1 aliphatic rings. The molecule has 1 atom stereocenters. The molecule has 3 N–H and O–H groups in total. The molecule has 0 aliphatic heterocycles. The Balaban J connectivity index is 1.96. The van der Waals surface area contributed by atoms with Gasteiger partial charge in [0, 0.05) is 6.04 Å². The molecule has 0 radical (unpaired) electrons. The maximum Gasteiger partial charge on any atom is 0.0624 e. The number of nitrogens with two attached hydrogens (primary N) is 1. The third-order valence-corrected chi connectivity index (χ3v) is 5.70. The van der Waals surface area contributed by atoms with Crippen LogP contribution in [0.4, 0.5) is 0 Å². The van der Waals surface area contributed by atoms with Crippen molar-refractivity contribution < 1.29 is 0 Å². The lowest BCUT2D eigenvalue weighted by Crippen LogP contribution is -2.43. The van der Waals surface area contributed by atoms with Gasteiger partial charge >= 0.3 is 0 Å². The zero-order valence-electron chi connectivity index (χ0n) is 12.7. The van der Waals surface area contributed by atoms with Gasteiger partial charge in [-0.3, -0.25) is 11.3 Å². The third kappa shape index (κ3) is 4.59. The van der Waals surface area contributed by atoms with Crippen molar-refractivity contribution in [3.63, 3.8) is 0 Å². The first-order chi connectivity index (χ1) is 10.2. The zero-order chi connectivity index (χ0) is 15.2. The number of halogens is 2. The van der Waals surface area contributed by atoms with Gasteiger partial charge in [-0.2, -0.15) is 0 Å². The predicted molar refractivity (Wildman–Crippen MR) is 91.6 cm³/mol. The van der Waals surface area contributed by atoms with Crippen molar-refractivity contribution in [1.29, 1.82) is 0 Å². The topological polar surface area (TPSA) is 38.0 Å². The van der Waals surface area contributed by atoms with Crippen molar-refractivity contribution in [2.75, 3.05) is 0 Å². The summed E-state index contributed by atoms with van der Waals surface area (Å²) in [4.78, 5) is 0. The van der Waals surface area contributed by atoms with Crippen LogP contribution in [-0.2, 0) is 6.42 Å². The summed E-state index contributed by atoms with van der Waals surface area (Å²) < 4.78 is 0. The molecule has 0 amide bonds. The second-order valence-corrected chi connectivity index (χ2v) is 7.04. The lowest BCUT2D eigenvalue weighted by molar-refractivity contribution is 0.213. The van der Waals surface area contributed by atoms with Crippen molar-refractivity contribution in [3.05, 3.63) is 33.8 Å². The quantitative estimate of drug-likeness (QED) is 0.571. The molecule has 0 saturated heterocycles. The fraction of sp³-hybridized carbons (Fsp3) is 0.647. The number of hydrogen-bond donors (Lipinski definition) is 2. The first kappa shape index (κ1) is 17.1. The van der Waals surface area contributed by atoms with E-state index >= 15 is 0 Å². The second kappa shape index (κ2) is 8.38. The summed E-state index contributed by atoms with van der Waals surface area (Å²) in [7, 11) is 0. The Labute approximate surface area is 138 Å². The van der Waals surface area contributed by atoms with Crippen LogP contribution >= 0.6 is 23.2 Å². The SMILES string of the molecule is CCCC1CCC(C(Cc2cccc(Cl)c2Cl)NN)CC1. The lowest BCUT2D eigenvalue weighted by Gasteiger charge is -2.33. The Morgan fingerprint density at radius 3 is 2.57 bits per heavy atom. The fourth-order valence-electron chi connectivity index (χ4n) is 3.59. The summed E-state index contributed by atoms with van der Waals surface area (Å²) in [6, 6.07) is 6.11. The average molecular weight is 329 g/mol. The van der Waals surface area contributed by atoms with Crippen LogP contribution in [0.15, 0.2) is 18.2 Å². The highest BCUT2D eigenvalue weighted by molar-refractivity contribution is 6.42. The third-order valence-electron chi connectivity index (χ3n) is 4.84. The number of nitrogens with one attached hydrogen (secondary N) is 1. The molecule has 21 heavy (non-hydrogen) atoms. The van der Waals surface area contributed by atoms with E-state index in [0.29, 0.717) is 16.0 Å². The molecular formula is C17H26Cl2N2. The van der Waals surface area contributed by atoms with Crippen LogP contribution in [0.2, 0.25) is 10.0 Å². The molecule has 1 saturated carbocycles. The molecule has 1 unspecified atom stereocenters. The molecule has 0 aromatic heterocycles. The van der Waals surface area contributed by atoms with Crippen LogP contribution < -0.4 is 11.3 Å². The van der Waals surface area contributed by atoms with Gasteiger partial charge in [0.2, 0.25) is 0 Å². The summed E-state index contributed by atoms with van der Waals surface area (Å²) >= 11 is 12.4. The summed E-state index contributed by atoms with van der Waals surface area (Å²) in [5.74, 6) is 7.36. The van der Waals surface area contributed by atoms with Crippen LogP contribution in [0.5, 0.6) is 0 Å². The van der Waals surface area contributed by atoms with Gasteiger partial charge in [-0.25, -0.2) is 0 Å². The van der Waals surface area contributed by atoms with Gasteiger partial charge in [-0.05, 0) is 42.7 Å². The van der Waals surface area contributed by atoms with Gasteiger partial charge in [0.15, 0.2) is 0 Å². The van der Waals surface area contributed by atoms with E-state index in [0.717, 1.165) is 17.9 Å². The van der Waals surface area contributed by atoms with Gasteiger partial charge in [0.1, 0.15) is 0 Å². The molecular weight excluding hydrogens is 303 g/mol. The molecule has 2 rings (SSSR count). The minimum absolute atomic E-state index is 0.281. The Kier molecular flexibility index (Phi) is 6.81. The molecule has 1 aromatic carbocycles. The van der Waals surface area contributed by atoms with E-state index in [1.807, 2.05) is 18.2 Å². The number of rotatable bonds is 6. The van der Waals surface area contributed by atoms with Gasteiger partial charge in [0.05, 0.1) is 10.0 Å². The Bertz CT molecular complexity index is 442. The van der Waals surface area contributed by atoms with Crippen LogP contribution in [0, 0.1) is 11.8 Å². The largest absolute Gasteiger partial charge is 0.271 e. The highest BCUT2D eigenvalue weighted by Gasteiger charge is 2.27. The monoisotopic (exact) mass is 328 g/mol. The molecule has 0 bridgehead atoms. The van der Waals surface area contributed by atoms with Gasteiger partial charge in [0.25, 0.3) is 0 Å². The molecule has 0 spiro atoms. The fourth-order valence-corrected chi connectivity index (χ4v) is 3.99. The van der Waals surface area contributed by atoms with Crippen LogP contribution in [0.25, 0.3) is 0 Å². The summed E-state index contributed by atoms with van der Waals surface area (Å²) in [6.45, 7) is 2.28. The van der Waals surface area contributed by atoms with Crippen molar-refractivity contribution in [2.24, 2.45) is 17.7 Å². The number of hydrogen-bond acceptors (Lipinski definition) is 2. The van der Waals surface area contributed by atoms with Crippen molar-refractivity contribution >= 4 is 23.2 Å². The van der Waals surface area contributed by atoms with Crippen LogP contribution in [0.1, 0.15) is 51.0 Å². The minimum Gasteiger partial charge on any atom is -0.271 e. The maximum absolute atomic E-state index is 6.30. The van der Waals surface area contributed by atoms with Gasteiger partial charge in [-0.15, -0.1) is 0 Å². The summed E-state index contributed by atoms with van der Waals surface area (Å²) in [6.07, 6.45) is 8.70. The van der Waals surface area contributed by atoms with Gasteiger partial charge < -0.3 is 0 Å². The molecule has 2 nitrogen and oxygen atoms in total. The van der Waals surface area contributed by atoms with E-state index in [1.165, 1.54) is 38.5 Å². The van der Waals surface area contributed by atoms with E-state index in [9.17, 15) is 0 Å². The minimum atomic E-state index is 0.281. The zero-order valence-corrected chi connectivity index (χ0v) is 14.3. The van der Waals surface area contributed by atoms with Crippen LogP contribution in [-0.4, -0.2) is 6.04 Å². The second-order valence-electron chi connectivity index (χ2n) is 6.26. The predicted octanol–water partition coefficient (Wildman–Crippen LogP) is 4.97. The van der Waals surface area contributed by atoms with E-state index in [2.05, 4.69) is 12.3 Å². The van der Waals surface area contributed by atoms with Crippen molar-refractivity contribution in [1.82, 2.24) is 5.43 Å². The first-order valence-electron chi connectivity index (χ1n) is 8.04. The molecule has 0 heterocycles. The van der Waals surface area contributed by atoms with E-state index in [-0.39, 0.29) is 6.04 Å². The highest BCUT2D eigenvalue weighted by atomic mass is 35.5. The van der Waals surface area contributed by atoms with E-state index in [1.54, 1.807) is 0 Å². The molecule has 1 aliphatic carbocycles. The lowest BCUT2D eigenvalue weighted by atomic mass is 9.76. The first-order valence-corrected chi connectivity index (χ1v) is 8.80. The average Bonchev–Trinajstić information content (AvgIpc) is 2.50. The molecule has 1 fully saturated rings. The summed E-state index contributed by atoms with van der Waals surface area (Å²) in [5.41, 5.74) is 4.10. The van der Waals surface area contributed by atoms with E-state index in [4.69, 9.17) is 29.0 Å². The highest BCUT2D eigenvalue weighted by Crippen LogP contribution is 2.35. The standard InChI is InChI=1S/C17H26Cl2N2/c1-2-4-12-7-9-13(10-8-12)16(21-20)11-14-5-3-6-15(18)17(14)19/h3,5-6,12-13,16,21H,2,4,7-11,20H2,1H3. The van der Waals surface area contributed by atoms with E-state index < -0.39 is 0 Å². The van der Waals surface area contributed by atoms with Gasteiger partial charge in [-0.1, -0.05) is 67.9 Å². The number of hydrazine groups is 1. The van der Waals surface area contributed by atoms with Crippen molar-refractivity contribution in [3.8, 4) is 0 Å². The Hall–Kier alpha value is -0.280. The summed E-state index contributed by atoms with van der Waals surface area (Å²) in [5, 5.41) is 1.29. The normalized spacial score (nSPS) is 24.0. The maximum atomic E-state index is 6.30. The molecule has 118 valence electrons. The molecule has 4 heteroatoms. The Morgan fingerprint density at radius 2 is 1.95 bits per heavy atom. The molecule has 1 aromatic rings. The Morgan fingerprint density at radius 1 is 1.24 bits per heavy atom.